The number of phenols is 1. The molecule has 3 N–H and O–H groups in total. The summed E-state index contributed by atoms with van der Waals surface area (Å²) in [4.78, 5) is 15.5. The van der Waals surface area contributed by atoms with Crippen molar-refractivity contribution < 1.29 is 26.5 Å². The first-order chi connectivity index (χ1) is 11.8. The fraction of sp³-hybridized carbons (Fsp3) is 0.235. The van der Waals surface area contributed by atoms with Crippen LogP contribution in [0.4, 0.5) is 5.69 Å². The molecule has 0 spiro atoms. The Labute approximate surface area is 149 Å². The summed E-state index contributed by atoms with van der Waals surface area (Å²) in [7, 11) is 0. The van der Waals surface area contributed by atoms with Gasteiger partial charge in [-0.25, -0.2) is 0 Å². The number of hydrogen-bond acceptors (Lipinski definition) is 5. The minimum Gasteiger partial charge on any atom is -0.0622 e. The first-order valence-electron chi connectivity index (χ1n) is 7.53. The largest absolute Gasteiger partial charge is 0.0622 e. The monoisotopic (exact) mass is 411 g/mol. The van der Waals surface area contributed by atoms with E-state index in [9.17, 15) is 17.7 Å². The Bertz CT molecular complexity index is 735. The number of carbonyl (C=O) groups is 1. The van der Waals surface area contributed by atoms with E-state index in [0.717, 1.165) is 0 Å². The van der Waals surface area contributed by atoms with Gasteiger partial charge in [0.2, 0.25) is 0 Å². The van der Waals surface area contributed by atoms with Crippen molar-refractivity contribution in [3.05, 3.63) is 54.1 Å². The van der Waals surface area contributed by atoms with Gasteiger partial charge in [-0.1, -0.05) is 35.9 Å². The van der Waals surface area contributed by atoms with Crippen molar-refractivity contribution in [2.75, 3.05) is 11.9 Å². The van der Waals surface area contributed by atoms with Gasteiger partial charge >= 0.3 is 106 Å². The summed E-state index contributed by atoms with van der Waals surface area (Å²) in [5, 5.41) is 11.9. The van der Waals surface area contributed by atoms with Gasteiger partial charge in [0.05, 0.1) is 0 Å². The maximum absolute atomic E-state index is 11.9. The molecule has 0 fully saturated rings. The number of benzene rings is 2. The fourth-order valence-corrected chi connectivity index (χ4v) is 3.98. The number of amides is 1. The molecule has 0 bridgehead atoms. The fourth-order valence-electron chi connectivity index (χ4n) is 1.77. The van der Waals surface area contributed by atoms with Crippen molar-refractivity contribution in [1.29, 1.82) is 0 Å². The van der Waals surface area contributed by atoms with E-state index in [-0.39, 0.29) is 22.4 Å². The average molecular weight is 411 g/mol. The van der Waals surface area contributed by atoms with Crippen molar-refractivity contribution in [3.63, 3.8) is 0 Å². The third kappa shape index (κ3) is 7.15. The molecule has 2 aromatic rings. The van der Waals surface area contributed by atoms with Crippen LogP contribution in [0.5, 0.6) is 5.75 Å². The quantitative estimate of drug-likeness (QED) is 0.300. The number of hydrogen-bond donors (Lipinski definition) is 3. The van der Waals surface area contributed by atoms with Crippen molar-refractivity contribution in [3.8, 4) is 5.75 Å². The molecule has 1 unspecified atom stereocenters. The standard InChI is InChI=1S/C10H14AsNO6.C7H8/c1-3-17-18-11(15,16)8-5-4-6-9(14)10(8)12-7(2)13;1-7-5-3-2-4-6-7/h4-6,14H,3H2,1-2H3,(H,12,13)(H,15,16);2-6H,1H3. The Morgan fingerprint density at radius 2 is 1.80 bits per heavy atom. The van der Waals surface area contributed by atoms with Gasteiger partial charge in [0.1, 0.15) is 0 Å². The minimum atomic E-state index is -4.96. The minimum absolute atomic E-state index is 0.0974. The van der Waals surface area contributed by atoms with E-state index in [1.807, 2.05) is 18.2 Å². The van der Waals surface area contributed by atoms with E-state index in [0.29, 0.717) is 0 Å². The van der Waals surface area contributed by atoms with E-state index < -0.39 is 20.1 Å². The van der Waals surface area contributed by atoms with Crippen LogP contribution in [0.1, 0.15) is 19.4 Å². The Hall–Kier alpha value is -2.05. The van der Waals surface area contributed by atoms with Gasteiger partial charge in [-0.2, -0.15) is 0 Å². The number of rotatable bonds is 5. The van der Waals surface area contributed by atoms with Gasteiger partial charge in [-0.15, -0.1) is 0 Å². The summed E-state index contributed by atoms with van der Waals surface area (Å²) in [6.45, 7) is 4.99. The molecule has 0 radical (unpaired) electrons. The molecule has 0 aliphatic rings. The maximum atomic E-state index is 11.9. The second-order valence-electron chi connectivity index (χ2n) is 5.01. The molecular formula is C17H22AsNO6. The third-order valence-electron chi connectivity index (χ3n) is 2.84. The topological polar surface area (TPSA) is 105 Å². The van der Waals surface area contributed by atoms with Gasteiger partial charge in [0.15, 0.2) is 0 Å². The van der Waals surface area contributed by atoms with Crippen LogP contribution in [0.2, 0.25) is 0 Å². The molecule has 2 rings (SSSR count). The summed E-state index contributed by atoms with van der Waals surface area (Å²) >= 11 is -4.96. The summed E-state index contributed by atoms with van der Waals surface area (Å²) in [6, 6.07) is 14.2. The normalized spacial score (nSPS) is 12.5. The van der Waals surface area contributed by atoms with Gasteiger partial charge < -0.3 is 0 Å². The summed E-state index contributed by atoms with van der Waals surface area (Å²) in [5.41, 5.74) is 1.18. The Morgan fingerprint density at radius 3 is 2.28 bits per heavy atom. The summed E-state index contributed by atoms with van der Waals surface area (Å²) in [5.74, 6) is -0.803. The van der Waals surface area contributed by atoms with Crippen molar-refractivity contribution in [1.82, 2.24) is 0 Å². The number of carbonyl (C=O) groups excluding carboxylic acids is 1. The molecule has 136 valence electrons. The molecule has 0 aliphatic carbocycles. The predicted molar refractivity (Wildman–Crippen MR) is 94.6 cm³/mol. The van der Waals surface area contributed by atoms with Gasteiger partial charge in [0, 0.05) is 0 Å². The Morgan fingerprint density at radius 1 is 1.16 bits per heavy atom. The molecule has 0 heterocycles. The smallest absolute Gasteiger partial charge is 0.0398 e. The molecule has 8 heteroatoms. The molecule has 2 aromatic carbocycles. The maximum Gasteiger partial charge on any atom is -0.0398 e. The van der Waals surface area contributed by atoms with E-state index in [1.165, 1.54) is 30.7 Å². The Kier molecular flexibility index (Phi) is 8.44. The molecule has 0 saturated carbocycles. The van der Waals surface area contributed by atoms with Crippen LogP contribution in [-0.2, 0) is 17.3 Å². The SMILES string of the molecule is CCOO[As](=O)(O)c1cccc(O)c1NC(C)=O.Cc1ccccc1. The molecule has 1 amide bonds. The van der Waals surface area contributed by atoms with Crippen LogP contribution in [-0.4, -0.2) is 35.9 Å². The zero-order chi connectivity index (χ0) is 18.9. The van der Waals surface area contributed by atoms with Crippen molar-refractivity contribution >= 4 is 30.1 Å². The van der Waals surface area contributed by atoms with Crippen LogP contribution in [0, 0.1) is 6.92 Å². The van der Waals surface area contributed by atoms with E-state index in [1.54, 1.807) is 6.92 Å². The second-order valence-corrected chi connectivity index (χ2v) is 8.52. The molecule has 0 saturated heterocycles. The van der Waals surface area contributed by atoms with Gasteiger partial charge in [-0.3, -0.25) is 0 Å². The van der Waals surface area contributed by atoms with E-state index >= 15 is 0 Å². The molecule has 1 atom stereocenters. The van der Waals surface area contributed by atoms with Crippen LogP contribution >= 0.6 is 0 Å². The number of phenolic OH excluding ortho intramolecular Hbond substituents is 1. The zero-order valence-electron chi connectivity index (χ0n) is 14.3. The van der Waals surface area contributed by atoms with Gasteiger partial charge in [0.25, 0.3) is 0 Å². The third-order valence-corrected chi connectivity index (χ3v) is 5.54. The number of aromatic hydroxyl groups is 1. The van der Waals surface area contributed by atoms with Crippen LogP contribution in [0.25, 0.3) is 0 Å². The van der Waals surface area contributed by atoms with E-state index in [2.05, 4.69) is 33.1 Å². The molecule has 7 nitrogen and oxygen atoms in total. The molecular weight excluding hydrogens is 389 g/mol. The predicted octanol–water partition coefficient (Wildman–Crippen LogP) is 1.88. The molecule has 0 aromatic heterocycles. The van der Waals surface area contributed by atoms with Crippen molar-refractivity contribution in [2.45, 2.75) is 20.8 Å². The summed E-state index contributed by atoms with van der Waals surface area (Å²) < 4.78 is 25.9. The first kappa shape index (κ1) is 21.0. The molecule has 0 aliphatic heterocycles. The number of anilines is 1. The van der Waals surface area contributed by atoms with E-state index in [4.69, 9.17) is 0 Å². The first-order valence-corrected chi connectivity index (χ1v) is 10.8. The number of nitrogens with one attached hydrogen (secondary N) is 1. The second kappa shape index (κ2) is 10.1. The van der Waals surface area contributed by atoms with Crippen molar-refractivity contribution in [2.24, 2.45) is 0 Å². The average Bonchev–Trinajstić information content (AvgIpc) is 2.56. The van der Waals surface area contributed by atoms with Crippen LogP contribution < -0.4 is 9.67 Å². The van der Waals surface area contributed by atoms with Gasteiger partial charge in [-0.05, 0) is 6.92 Å². The summed E-state index contributed by atoms with van der Waals surface area (Å²) in [6.07, 6.45) is 0. The zero-order valence-corrected chi connectivity index (χ0v) is 16.2. The number of aryl methyl sites for hydroxylation is 1. The number of para-hydroxylation sites is 1. The molecule has 25 heavy (non-hydrogen) atoms. The Balaban J connectivity index is 0.000000370. The van der Waals surface area contributed by atoms with Crippen LogP contribution in [0.3, 0.4) is 0 Å². The van der Waals surface area contributed by atoms with Crippen LogP contribution in [0.15, 0.2) is 48.5 Å².